The average Bonchev–Trinajstić information content (AvgIpc) is 2.39. The van der Waals surface area contributed by atoms with E-state index in [4.69, 9.17) is 17.3 Å². The Kier molecular flexibility index (Phi) is 3.64. The number of nitrogens with zero attached hydrogens (tertiary/aromatic N) is 2. The molecule has 0 unspecified atom stereocenters. The fourth-order valence-corrected chi connectivity index (χ4v) is 3.22. The molecule has 0 radical (unpaired) electrons. The van der Waals surface area contributed by atoms with Crippen LogP contribution < -0.4 is 10.0 Å². The van der Waals surface area contributed by atoms with E-state index >= 15 is 0 Å². The first-order valence-corrected chi connectivity index (χ1v) is 7.20. The zero-order chi connectivity index (χ0) is 14.0. The molecular formula is C12H12ClN3O2S. The highest BCUT2D eigenvalue weighted by atomic mass is 35.5. The Labute approximate surface area is 116 Å². The van der Waals surface area contributed by atoms with Crippen LogP contribution >= 0.6 is 11.6 Å². The Balaban J connectivity index is 2.52. The number of pyridine rings is 1. The average molecular weight is 298 g/mol. The van der Waals surface area contributed by atoms with E-state index < -0.39 is 10.0 Å². The first-order valence-electron chi connectivity index (χ1n) is 5.38. The molecule has 100 valence electrons. The number of nitrogens with two attached hydrogens (primary N) is 1. The van der Waals surface area contributed by atoms with Gasteiger partial charge < -0.3 is 5.73 Å². The molecule has 0 atom stereocenters. The highest BCUT2D eigenvalue weighted by Crippen LogP contribution is 2.29. The van der Waals surface area contributed by atoms with Crippen LogP contribution in [0.3, 0.4) is 0 Å². The number of halogens is 1. The summed E-state index contributed by atoms with van der Waals surface area (Å²) < 4.78 is 26.0. The second-order valence-electron chi connectivity index (χ2n) is 3.82. The highest BCUT2D eigenvalue weighted by Gasteiger charge is 2.25. The summed E-state index contributed by atoms with van der Waals surface area (Å²) in [6.45, 7) is 0. The van der Waals surface area contributed by atoms with Crippen LogP contribution in [0.2, 0.25) is 5.15 Å². The van der Waals surface area contributed by atoms with Crippen molar-refractivity contribution >= 4 is 33.0 Å². The van der Waals surface area contributed by atoms with Gasteiger partial charge in [-0.1, -0.05) is 23.7 Å². The number of nitrogen functional groups attached to an aromatic ring is 1. The molecule has 2 rings (SSSR count). The predicted octanol–water partition coefficient (Wildman–Crippen LogP) is 2.14. The molecule has 2 aromatic rings. The molecule has 0 bridgehead atoms. The van der Waals surface area contributed by atoms with E-state index in [9.17, 15) is 8.42 Å². The van der Waals surface area contributed by atoms with Crippen molar-refractivity contribution < 1.29 is 8.42 Å². The normalized spacial score (nSPS) is 11.3. The van der Waals surface area contributed by atoms with Gasteiger partial charge in [-0.15, -0.1) is 0 Å². The Morgan fingerprint density at radius 3 is 2.53 bits per heavy atom. The molecule has 19 heavy (non-hydrogen) atoms. The van der Waals surface area contributed by atoms with Gasteiger partial charge in [-0.3, -0.25) is 4.31 Å². The standard InChI is InChI=1S/C12H12ClN3O2S/c1-16(10-6-4-8-15-12(10)13)19(17,18)11-7-3-2-5-9(11)14/h2-8H,14H2,1H3. The minimum absolute atomic E-state index is 0.0393. The lowest BCUT2D eigenvalue weighted by molar-refractivity contribution is 0.594. The van der Waals surface area contributed by atoms with E-state index in [1.807, 2.05) is 0 Å². The summed E-state index contributed by atoms with van der Waals surface area (Å²) in [6, 6.07) is 9.46. The molecule has 2 N–H and O–H groups in total. The quantitative estimate of drug-likeness (QED) is 0.695. The number of anilines is 2. The monoisotopic (exact) mass is 297 g/mol. The molecule has 1 aromatic carbocycles. The minimum Gasteiger partial charge on any atom is -0.398 e. The van der Waals surface area contributed by atoms with Gasteiger partial charge in [0.2, 0.25) is 0 Å². The molecular weight excluding hydrogens is 286 g/mol. The molecule has 7 heteroatoms. The summed E-state index contributed by atoms with van der Waals surface area (Å²) in [6.07, 6.45) is 1.49. The van der Waals surface area contributed by atoms with E-state index in [1.165, 1.54) is 25.4 Å². The van der Waals surface area contributed by atoms with Crippen LogP contribution in [0.5, 0.6) is 0 Å². The third-order valence-electron chi connectivity index (χ3n) is 2.64. The highest BCUT2D eigenvalue weighted by molar-refractivity contribution is 7.93. The van der Waals surface area contributed by atoms with Crippen molar-refractivity contribution in [2.24, 2.45) is 0 Å². The van der Waals surface area contributed by atoms with Crippen LogP contribution in [0, 0.1) is 0 Å². The van der Waals surface area contributed by atoms with Crippen molar-refractivity contribution in [1.29, 1.82) is 0 Å². The third kappa shape index (κ3) is 2.50. The Bertz CT molecular complexity index is 704. The fourth-order valence-electron chi connectivity index (χ4n) is 1.60. The van der Waals surface area contributed by atoms with E-state index in [-0.39, 0.29) is 15.7 Å². The zero-order valence-corrected chi connectivity index (χ0v) is 11.7. The van der Waals surface area contributed by atoms with E-state index in [0.29, 0.717) is 5.69 Å². The molecule has 0 aliphatic heterocycles. The van der Waals surface area contributed by atoms with Crippen molar-refractivity contribution in [2.75, 3.05) is 17.1 Å². The number of hydrogen-bond acceptors (Lipinski definition) is 4. The maximum absolute atomic E-state index is 12.5. The van der Waals surface area contributed by atoms with Crippen LogP contribution in [-0.2, 0) is 10.0 Å². The Morgan fingerprint density at radius 1 is 1.21 bits per heavy atom. The van der Waals surface area contributed by atoms with Crippen molar-refractivity contribution in [1.82, 2.24) is 4.98 Å². The molecule has 1 aromatic heterocycles. The van der Waals surface area contributed by atoms with Gasteiger partial charge in [0.15, 0.2) is 5.15 Å². The van der Waals surface area contributed by atoms with Crippen LogP contribution in [0.4, 0.5) is 11.4 Å². The van der Waals surface area contributed by atoms with Gasteiger partial charge in [-0.2, -0.15) is 0 Å². The summed E-state index contributed by atoms with van der Waals surface area (Å²) in [4.78, 5) is 3.90. The maximum Gasteiger partial charge on any atom is 0.266 e. The maximum atomic E-state index is 12.5. The number of hydrogen-bond donors (Lipinski definition) is 1. The van der Waals surface area contributed by atoms with Gasteiger partial charge in [0.1, 0.15) is 4.90 Å². The van der Waals surface area contributed by atoms with Crippen LogP contribution in [0.15, 0.2) is 47.5 Å². The molecule has 0 fully saturated rings. The number of benzene rings is 1. The molecule has 5 nitrogen and oxygen atoms in total. The number of sulfonamides is 1. The lowest BCUT2D eigenvalue weighted by Crippen LogP contribution is -2.27. The van der Waals surface area contributed by atoms with Gasteiger partial charge >= 0.3 is 0 Å². The molecule has 0 spiro atoms. The third-order valence-corrected chi connectivity index (χ3v) is 4.77. The minimum atomic E-state index is -3.76. The van der Waals surface area contributed by atoms with Gasteiger partial charge in [0, 0.05) is 13.2 Å². The van der Waals surface area contributed by atoms with Crippen LogP contribution in [0.25, 0.3) is 0 Å². The SMILES string of the molecule is CN(c1cccnc1Cl)S(=O)(=O)c1ccccc1N. The van der Waals surface area contributed by atoms with E-state index in [1.54, 1.807) is 24.3 Å². The lowest BCUT2D eigenvalue weighted by Gasteiger charge is -2.20. The van der Waals surface area contributed by atoms with Crippen LogP contribution in [0.1, 0.15) is 0 Å². The fraction of sp³-hybridized carbons (Fsp3) is 0.0833. The summed E-state index contributed by atoms with van der Waals surface area (Å²) in [7, 11) is -2.35. The Morgan fingerprint density at radius 2 is 1.89 bits per heavy atom. The first kappa shape index (κ1) is 13.6. The topological polar surface area (TPSA) is 76.3 Å². The van der Waals surface area contributed by atoms with Crippen molar-refractivity contribution in [3.63, 3.8) is 0 Å². The Hall–Kier alpha value is -1.79. The van der Waals surface area contributed by atoms with Crippen molar-refractivity contribution in [3.05, 3.63) is 47.7 Å². The molecule has 0 saturated heterocycles. The van der Waals surface area contributed by atoms with Gasteiger partial charge in [-0.25, -0.2) is 13.4 Å². The summed E-state index contributed by atoms with van der Waals surface area (Å²) in [5, 5.41) is 0.114. The van der Waals surface area contributed by atoms with Gasteiger partial charge in [0.05, 0.1) is 11.4 Å². The number of para-hydroxylation sites is 1. The number of aromatic nitrogens is 1. The van der Waals surface area contributed by atoms with Crippen LogP contribution in [-0.4, -0.2) is 20.4 Å². The first-order chi connectivity index (χ1) is 8.94. The van der Waals surface area contributed by atoms with E-state index in [2.05, 4.69) is 4.98 Å². The number of rotatable bonds is 3. The molecule has 0 saturated carbocycles. The molecule has 0 aliphatic rings. The van der Waals surface area contributed by atoms with Gasteiger partial charge in [-0.05, 0) is 24.3 Å². The van der Waals surface area contributed by atoms with Crippen molar-refractivity contribution in [2.45, 2.75) is 4.90 Å². The van der Waals surface area contributed by atoms with Crippen molar-refractivity contribution in [3.8, 4) is 0 Å². The molecule has 0 aliphatic carbocycles. The smallest absolute Gasteiger partial charge is 0.266 e. The summed E-state index contributed by atoms with van der Waals surface area (Å²) in [5.74, 6) is 0. The van der Waals surface area contributed by atoms with Gasteiger partial charge in [0.25, 0.3) is 10.0 Å². The molecule has 0 amide bonds. The zero-order valence-electron chi connectivity index (χ0n) is 10.1. The largest absolute Gasteiger partial charge is 0.398 e. The van der Waals surface area contributed by atoms with E-state index in [0.717, 1.165) is 4.31 Å². The predicted molar refractivity (Wildman–Crippen MR) is 75.7 cm³/mol. The molecule has 1 heterocycles. The lowest BCUT2D eigenvalue weighted by atomic mass is 10.3. The summed E-state index contributed by atoms with van der Waals surface area (Å²) in [5.41, 5.74) is 6.19. The summed E-state index contributed by atoms with van der Waals surface area (Å²) >= 11 is 5.90. The second-order valence-corrected chi connectivity index (χ2v) is 6.12. The second kappa shape index (κ2) is 5.07.